The maximum atomic E-state index is 5.37. The minimum Gasteiger partial charge on any atom is -0.330 e. The molecule has 0 amide bonds. The normalized spacial score (nSPS) is 11.1. The molecule has 0 bridgehead atoms. The summed E-state index contributed by atoms with van der Waals surface area (Å²) in [5.41, 5.74) is 5.37. The van der Waals surface area contributed by atoms with Crippen LogP contribution in [0.3, 0.4) is 0 Å². The highest BCUT2D eigenvalue weighted by atomic mass is 14.5. The average molecular weight is 155 g/mol. The molecule has 0 aliphatic rings. The van der Waals surface area contributed by atoms with Crippen LogP contribution in [0.4, 0.5) is 0 Å². The van der Waals surface area contributed by atoms with E-state index in [-0.39, 0.29) is 0 Å². The van der Waals surface area contributed by atoms with E-state index in [4.69, 9.17) is 5.73 Å². The minimum absolute atomic E-state index is 0.846. The molecule has 1 nitrogen and oxygen atoms in total. The number of hydrogen-bond acceptors (Lipinski definition) is 1. The van der Waals surface area contributed by atoms with Crippen molar-refractivity contribution in [2.24, 2.45) is 5.73 Å². The van der Waals surface area contributed by atoms with Gasteiger partial charge in [0.15, 0.2) is 0 Å². The van der Waals surface area contributed by atoms with E-state index in [0.29, 0.717) is 0 Å². The summed E-state index contributed by atoms with van der Waals surface area (Å²) in [6.45, 7) is 3.05. The lowest BCUT2D eigenvalue weighted by Crippen LogP contribution is -1.97. The van der Waals surface area contributed by atoms with Crippen molar-refractivity contribution in [3.05, 3.63) is 12.2 Å². The van der Waals surface area contributed by atoms with Crippen LogP contribution >= 0.6 is 0 Å². The maximum Gasteiger partial charge on any atom is -0.00773 e. The second-order valence-corrected chi connectivity index (χ2v) is 2.90. The Balaban J connectivity index is 2.89. The molecule has 2 N–H and O–H groups in total. The monoisotopic (exact) mass is 155 g/mol. The molecule has 0 saturated heterocycles. The van der Waals surface area contributed by atoms with Gasteiger partial charge in [0.2, 0.25) is 0 Å². The van der Waals surface area contributed by atoms with Gasteiger partial charge in [-0.2, -0.15) is 0 Å². The molecule has 0 aromatic rings. The Morgan fingerprint density at radius 2 is 1.73 bits per heavy atom. The van der Waals surface area contributed by atoms with Crippen molar-refractivity contribution in [2.75, 3.05) is 6.54 Å². The van der Waals surface area contributed by atoms with E-state index < -0.39 is 0 Å². The van der Waals surface area contributed by atoms with E-state index in [0.717, 1.165) is 6.54 Å². The van der Waals surface area contributed by atoms with Gasteiger partial charge in [0, 0.05) is 0 Å². The molecule has 0 radical (unpaired) electrons. The number of hydrogen-bond donors (Lipinski definition) is 1. The molecule has 0 unspecified atom stereocenters. The van der Waals surface area contributed by atoms with E-state index in [1.807, 2.05) is 0 Å². The molecule has 1 heteroatoms. The molecular formula is C10H21N. The smallest absolute Gasteiger partial charge is 0.00773 e. The third-order valence-corrected chi connectivity index (χ3v) is 1.70. The highest BCUT2D eigenvalue weighted by molar-refractivity contribution is 4.80. The highest BCUT2D eigenvalue weighted by Crippen LogP contribution is 2.00. The fourth-order valence-corrected chi connectivity index (χ4v) is 0.986. The van der Waals surface area contributed by atoms with Crippen LogP contribution in [0.5, 0.6) is 0 Å². The Morgan fingerprint density at radius 3 is 2.36 bits per heavy atom. The zero-order chi connectivity index (χ0) is 8.36. The first-order chi connectivity index (χ1) is 5.41. The minimum atomic E-state index is 0.846. The van der Waals surface area contributed by atoms with Gasteiger partial charge in [0.1, 0.15) is 0 Å². The van der Waals surface area contributed by atoms with Crippen molar-refractivity contribution in [1.82, 2.24) is 0 Å². The molecule has 0 rings (SSSR count). The Labute approximate surface area is 70.7 Å². The molecule has 0 aromatic carbocycles. The van der Waals surface area contributed by atoms with E-state index in [9.17, 15) is 0 Å². The van der Waals surface area contributed by atoms with Gasteiger partial charge in [0.05, 0.1) is 0 Å². The van der Waals surface area contributed by atoms with Gasteiger partial charge >= 0.3 is 0 Å². The van der Waals surface area contributed by atoms with Crippen LogP contribution in [0, 0.1) is 0 Å². The Hall–Kier alpha value is -0.300. The molecule has 0 aliphatic heterocycles. The van der Waals surface area contributed by atoms with E-state index in [1.165, 1.54) is 38.5 Å². The molecule has 0 fully saturated rings. The second kappa shape index (κ2) is 9.70. The highest BCUT2D eigenvalue weighted by Gasteiger charge is 1.83. The number of unbranched alkanes of at least 4 members (excludes halogenated alkanes) is 4. The summed E-state index contributed by atoms with van der Waals surface area (Å²) in [5.74, 6) is 0. The van der Waals surface area contributed by atoms with Crippen LogP contribution in [0.25, 0.3) is 0 Å². The van der Waals surface area contributed by atoms with E-state index in [2.05, 4.69) is 19.1 Å². The summed E-state index contributed by atoms with van der Waals surface area (Å²) in [6, 6.07) is 0. The van der Waals surface area contributed by atoms with Crippen molar-refractivity contribution in [3.63, 3.8) is 0 Å². The van der Waals surface area contributed by atoms with Gasteiger partial charge in [-0.25, -0.2) is 0 Å². The standard InChI is InChI=1S/C10H21N/c1-2-3-4-5-6-7-8-9-10-11/h4-5H,2-3,6-11H2,1H3/b5-4+. The third kappa shape index (κ3) is 9.70. The summed E-state index contributed by atoms with van der Waals surface area (Å²) >= 11 is 0. The lowest BCUT2D eigenvalue weighted by atomic mass is 10.2. The first-order valence-corrected chi connectivity index (χ1v) is 4.77. The largest absolute Gasteiger partial charge is 0.330 e. The predicted molar refractivity (Wildman–Crippen MR) is 51.6 cm³/mol. The average Bonchev–Trinajstić information content (AvgIpc) is 2.03. The fourth-order valence-electron chi connectivity index (χ4n) is 0.986. The zero-order valence-corrected chi connectivity index (χ0v) is 7.68. The van der Waals surface area contributed by atoms with Crippen molar-refractivity contribution in [1.29, 1.82) is 0 Å². The molecule has 0 heterocycles. The maximum absolute atomic E-state index is 5.37. The van der Waals surface area contributed by atoms with Crippen LogP contribution in [-0.4, -0.2) is 6.54 Å². The van der Waals surface area contributed by atoms with Gasteiger partial charge in [-0.1, -0.05) is 31.9 Å². The van der Waals surface area contributed by atoms with Crippen LogP contribution in [0.1, 0.15) is 45.4 Å². The molecule has 66 valence electrons. The zero-order valence-electron chi connectivity index (χ0n) is 7.68. The third-order valence-electron chi connectivity index (χ3n) is 1.70. The lowest BCUT2D eigenvalue weighted by molar-refractivity contribution is 0.694. The van der Waals surface area contributed by atoms with Crippen molar-refractivity contribution >= 4 is 0 Å². The number of nitrogens with two attached hydrogens (primary N) is 1. The molecule has 0 atom stereocenters. The van der Waals surface area contributed by atoms with Crippen molar-refractivity contribution in [2.45, 2.75) is 45.4 Å². The summed E-state index contributed by atoms with van der Waals surface area (Å²) in [7, 11) is 0. The lowest BCUT2D eigenvalue weighted by Gasteiger charge is -1.93. The van der Waals surface area contributed by atoms with E-state index in [1.54, 1.807) is 0 Å². The summed E-state index contributed by atoms with van der Waals surface area (Å²) < 4.78 is 0. The first kappa shape index (κ1) is 10.7. The van der Waals surface area contributed by atoms with Gasteiger partial charge in [-0.15, -0.1) is 0 Å². The van der Waals surface area contributed by atoms with Crippen LogP contribution < -0.4 is 5.73 Å². The molecule has 11 heavy (non-hydrogen) atoms. The summed E-state index contributed by atoms with van der Waals surface area (Å²) in [4.78, 5) is 0. The second-order valence-electron chi connectivity index (χ2n) is 2.90. The van der Waals surface area contributed by atoms with Crippen molar-refractivity contribution in [3.8, 4) is 0 Å². The summed E-state index contributed by atoms with van der Waals surface area (Å²) in [6.07, 6.45) is 12.1. The molecule has 0 spiro atoms. The Morgan fingerprint density at radius 1 is 1.00 bits per heavy atom. The number of allylic oxidation sites excluding steroid dienone is 2. The molecule has 0 saturated carbocycles. The SMILES string of the molecule is CCC/C=C/CCCCCN. The fraction of sp³-hybridized carbons (Fsp3) is 0.800. The molecule has 0 aliphatic carbocycles. The van der Waals surface area contributed by atoms with E-state index >= 15 is 0 Å². The Kier molecular flexibility index (Phi) is 9.44. The van der Waals surface area contributed by atoms with Gasteiger partial charge in [-0.3, -0.25) is 0 Å². The quantitative estimate of drug-likeness (QED) is 0.444. The number of rotatable bonds is 7. The predicted octanol–water partition coefficient (Wildman–Crippen LogP) is 2.86. The Bertz CT molecular complexity index is 86.9. The molecule has 0 aromatic heterocycles. The first-order valence-electron chi connectivity index (χ1n) is 4.77. The molecular weight excluding hydrogens is 134 g/mol. The van der Waals surface area contributed by atoms with Gasteiger partial charge in [0.25, 0.3) is 0 Å². The van der Waals surface area contributed by atoms with Gasteiger partial charge < -0.3 is 5.73 Å². The van der Waals surface area contributed by atoms with Crippen LogP contribution in [0.15, 0.2) is 12.2 Å². The van der Waals surface area contributed by atoms with Gasteiger partial charge in [-0.05, 0) is 32.2 Å². The van der Waals surface area contributed by atoms with Crippen LogP contribution in [-0.2, 0) is 0 Å². The van der Waals surface area contributed by atoms with Crippen LogP contribution in [0.2, 0.25) is 0 Å². The topological polar surface area (TPSA) is 26.0 Å². The van der Waals surface area contributed by atoms with Crippen molar-refractivity contribution < 1.29 is 0 Å². The summed E-state index contributed by atoms with van der Waals surface area (Å²) in [5, 5.41) is 0.